The Morgan fingerprint density at radius 1 is 1.35 bits per heavy atom. The molecule has 0 heterocycles. The molecule has 1 aliphatic carbocycles. The van der Waals surface area contributed by atoms with Crippen LogP contribution in [0.3, 0.4) is 0 Å². The Kier molecular flexibility index (Phi) is 5.02. The molecule has 0 aliphatic heterocycles. The fraction of sp³-hybridized carbons (Fsp3) is 0.600. The van der Waals surface area contributed by atoms with Gasteiger partial charge in [-0.1, -0.05) is 19.3 Å². The van der Waals surface area contributed by atoms with Crippen LogP contribution in [0.2, 0.25) is 0 Å². The van der Waals surface area contributed by atoms with Crippen LogP contribution in [0.1, 0.15) is 44.6 Å². The van der Waals surface area contributed by atoms with Gasteiger partial charge in [0.1, 0.15) is 0 Å². The standard InChI is InChI=1S/C15H21BrN2O2/c1-10-8-13(16)14(9-15(10)18(19)20)17-11(2)12-6-4-3-5-7-12/h8-9,11-12,17H,3-7H2,1-2H3. The predicted molar refractivity (Wildman–Crippen MR) is 85.2 cm³/mol. The Hall–Kier alpha value is -1.10. The highest BCUT2D eigenvalue weighted by Gasteiger charge is 2.22. The number of nitro groups is 1. The number of aryl methyl sites for hydroxylation is 1. The van der Waals surface area contributed by atoms with Crippen molar-refractivity contribution in [1.82, 2.24) is 0 Å². The van der Waals surface area contributed by atoms with Gasteiger partial charge in [-0.05, 0) is 54.6 Å². The van der Waals surface area contributed by atoms with Gasteiger partial charge in [0.25, 0.3) is 5.69 Å². The van der Waals surface area contributed by atoms with E-state index in [2.05, 4.69) is 28.2 Å². The first kappa shape index (κ1) is 15.3. The summed E-state index contributed by atoms with van der Waals surface area (Å²) in [5, 5.41) is 14.5. The Bertz CT molecular complexity index is 499. The second-order valence-electron chi connectivity index (χ2n) is 5.71. The SMILES string of the molecule is Cc1cc(Br)c(NC(C)C2CCCCC2)cc1[N+](=O)[O-]. The second-order valence-corrected chi connectivity index (χ2v) is 6.56. The molecular formula is C15H21BrN2O2. The highest BCUT2D eigenvalue weighted by molar-refractivity contribution is 9.10. The van der Waals surface area contributed by atoms with Crippen LogP contribution in [0.25, 0.3) is 0 Å². The number of halogens is 1. The van der Waals surface area contributed by atoms with Crippen molar-refractivity contribution < 1.29 is 4.92 Å². The predicted octanol–water partition coefficient (Wildman–Crippen LogP) is 5.05. The van der Waals surface area contributed by atoms with Crippen LogP contribution in [0.4, 0.5) is 11.4 Å². The van der Waals surface area contributed by atoms with E-state index in [4.69, 9.17) is 0 Å². The average molecular weight is 341 g/mol. The van der Waals surface area contributed by atoms with Crippen molar-refractivity contribution in [3.63, 3.8) is 0 Å². The summed E-state index contributed by atoms with van der Waals surface area (Å²) < 4.78 is 0.892. The van der Waals surface area contributed by atoms with E-state index in [1.54, 1.807) is 13.0 Å². The lowest BCUT2D eigenvalue weighted by Crippen LogP contribution is -2.27. The van der Waals surface area contributed by atoms with Crippen LogP contribution in [-0.2, 0) is 0 Å². The van der Waals surface area contributed by atoms with Crippen LogP contribution in [0, 0.1) is 23.0 Å². The van der Waals surface area contributed by atoms with Crippen molar-refractivity contribution in [1.29, 1.82) is 0 Å². The van der Waals surface area contributed by atoms with Crippen LogP contribution >= 0.6 is 15.9 Å². The quantitative estimate of drug-likeness (QED) is 0.616. The number of hydrogen-bond donors (Lipinski definition) is 1. The van der Waals surface area contributed by atoms with Crippen molar-refractivity contribution >= 4 is 27.3 Å². The summed E-state index contributed by atoms with van der Waals surface area (Å²) in [6.07, 6.45) is 6.43. The maximum Gasteiger partial charge on any atom is 0.274 e. The molecule has 0 aromatic heterocycles. The summed E-state index contributed by atoms with van der Waals surface area (Å²) in [4.78, 5) is 10.7. The molecule has 4 nitrogen and oxygen atoms in total. The molecule has 2 rings (SSSR count). The van der Waals surface area contributed by atoms with Crippen LogP contribution in [0.15, 0.2) is 16.6 Å². The fourth-order valence-electron chi connectivity index (χ4n) is 2.97. The van der Waals surface area contributed by atoms with E-state index in [1.165, 1.54) is 32.1 Å². The number of nitrogens with zero attached hydrogens (tertiary/aromatic N) is 1. The summed E-state index contributed by atoms with van der Waals surface area (Å²) in [6, 6.07) is 3.79. The van der Waals surface area contributed by atoms with Crippen LogP contribution in [0.5, 0.6) is 0 Å². The van der Waals surface area contributed by atoms with Gasteiger partial charge < -0.3 is 5.32 Å². The number of anilines is 1. The van der Waals surface area contributed by atoms with Gasteiger partial charge in [-0.3, -0.25) is 10.1 Å². The minimum Gasteiger partial charge on any atom is -0.381 e. The first-order chi connectivity index (χ1) is 9.49. The van der Waals surface area contributed by atoms with Gasteiger partial charge in [0, 0.05) is 22.1 Å². The number of nitro benzene ring substituents is 1. The molecule has 1 fully saturated rings. The molecular weight excluding hydrogens is 320 g/mol. The molecule has 1 aromatic rings. The molecule has 0 bridgehead atoms. The van der Waals surface area contributed by atoms with E-state index in [1.807, 2.05) is 6.07 Å². The second kappa shape index (κ2) is 6.57. The molecule has 0 spiro atoms. The van der Waals surface area contributed by atoms with E-state index in [9.17, 15) is 10.1 Å². The first-order valence-electron chi connectivity index (χ1n) is 7.20. The van der Waals surface area contributed by atoms with Crippen LogP contribution < -0.4 is 5.32 Å². The lowest BCUT2D eigenvalue weighted by atomic mass is 9.84. The topological polar surface area (TPSA) is 55.2 Å². The zero-order valence-corrected chi connectivity index (χ0v) is 13.6. The van der Waals surface area contributed by atoms with E-state index < -0.39 is 0 Å². The van der Waals surface area contributed by atoms with Gasteiger partial charge in [0.2, 0.25) is 0 Å². The van der Waals surface area contributed by atoms with E-state index >= 15 is 0 Å². The monoisotopic (exact) mass is 340 g/mol. The molecule has 1 N–H and O–H groups in total. The summed E-state index contributed by atoms with van der Waals surface area (Å²) in [5.74, 6) is 0.663. The van der Waals surface area contributed by atoms with E-state index in [-0.39, 0.29) is 10.6 Å². The van der Waals surface area contributed by atoms with Crippen molar-refractivity contribution in [2.75, 3.05) is 5.32 Å². The van der Waals surface area contributed by atoms with Crippen molar-refractivity contribution in [3.8, 4) is 0 Å². The minimum atomic E-state index is -0.321. The zero-order chi connectivity index (χ0) is 14.7. The van der Waals surface area contributed by atoms with Gasteiger partial charge in [0.05, 0.1) is 10.6 Å². The van der Waals surface area contributed by atoms with Crippen LogP contribution in [-0.4, -0.2) is 11.0 Å². The molecule has 0 saturated heterocycles. The summed E-state index contributed by atoms with van der Waals surface area (Å²) >= 11 is 3.50. The van der Waals surface area contributed by atoms with Gasteiger partial charge in [-0.25, -0.2) is 0 Å². The Labute approximate surface area is 128 Å². The molecule has 1 aliphatic rings. The third-order valence-corrected chi connectivity index (χ3v) is 4.88. The molecule has 1 aromatic carbocycles. The highest BCUT2D eigenvalue weighted by Crippen LogP contribution is 2.33. The Balaban J connectivity index is 2.15. The highest BCUT2D eigenvalue weighted by atomic mass is 79.9. The molecule has 1 atom stereocenters. The van der Waals surface area contributed by atoms with E-state index in [0.717, 1.165) is 10.2 Å². The lowest BCUT2D eigenvalue weighted by Gasteiger charge is -2.29. The number of benzene rings is 1. The molecule has 0 radical (unpaired) electrons. The van der Waals surface area contributed by atoms with Crippen molar-refractivity contribution in [2.45, 2.75) is 52.0 Å². The zero-order valence-electron chi connectivity index (χ0n) is 12.0. The number of nitrogens with one attached hydrogen (secondary N) is 1. The molecule has 1 saturated carbocycles. The van der Waals surface area contributed by atoms with Crippen molar-refractivity contribution in [3.05, 3.63) is 32.3 Å². The normalized spacial score (nSPS) is 17.8. The van der Waals surface area contributed by atoms with Gasteiger partial charge in [-0.15, -0.1) is 0 Å². The Morgan fingerprint density at radius 3 is 2.60 bits per heavy atom. The number of rotatable bonds is 4. The van der Waals surface area contributed by atoms with Gasteiger partial charge in [-0.2, -0.15) is 0 Å². The van der Waals surface area contributed by atoms with E-state index in [0.29, 0.717) is 17.5 Å². The van der Waals surface area contributed by atoms with Gasteiger partial charge >= 0.3 is 0 Å². The first-order valence-corrected chi connectivity index (χ1v) is 7.99. The summed E-state index contributed by atoms with van der Waals surface area (Å²) in [5.41, 5.74) is 1.67. The average Bonchev–Trinajstić information content (AvgIpc) is 2.42. The third kappa shape index (κ3) is 3.51. The Morgan fingerprint density at radius 2 is 2.00 bits per heavy atom. The smallest absolute Gasteiger partial charge is 0.274 e. The lowest BCUT2D eigenvalue weighted by molar-refractivity contribution is -0.385. The fourth-order valence-corrected chi connectivity index (χ4v) is 3.54. The molecule has 0 amide bonds. The summed E-state index contributed by atoms with van der Waals surface area (Å²) in [7, 11) is 0. The molecule has 5 heteroatoms. The largest absolute Gasteiger partial charge is 0.381 e. The van der Waals surface area contributed by atoms with Crippen molar-refractivity contribution in [2.24, 2.45) is 5.92 Å². The van der Waals surface area contributed by atoms with Gasteiger partial charge in [0.15, 0.2) is 0 Å². The number of hydrogen-bond acceptors (Lipinski definition) is 3. The summed E-state index contributed by atoms with van der Waals surface area (Å²) in [6.45, 7) is 3.94. The maximum absolute atomic E-state index is 11.0. The maximum atomic E-state index is 11.0. The third-order valence-electron chi connectivity index (χ3n) is 4.22. The molecule has 110 valence electrons. The molecule has 1 unspecified atom stereocenters. The molecule has 20 heavy (non-hydrogen) atoms. The minimum absolute atomic E-state index is 0.173.